The lowest BCUT2D eigenvalue weighted by Crippen LogP contribution is -2.01. The quantitative estimate of drug-likeness (QED) is 0.791. The summed E-state index contributed by atoms with van der Waals surface area (Å²) >= 11 is 0. The number of nitrogen functional groups attached to an aromatic ring is 1. The Bertz CT molecular complexity index is 617. The summed E-state index contributed by atoms with van der Waals surface area (Å²) in [6, 6.07) is 9.73. The molecule has 21 heavy (non-hydrogen) atoms. The molecule has 112 valence electrons. The molecule has 0 aliphatic rings. The number of ether oxygens (including phenoxy) is 2. The Morgan fingerprint density at radius 1 is 1.14 bits per heavy atom. The summed E-state index contributed by atoms with van der Waals surface area (Å²) in [5.41, 5.74) is 7.92. The molecule has 0 aliphatic heterocycles. The Balaban J connectivity index is 2.23. The standard InChI is InChI=1S/C16H19FN2O2/c1-3-8-21-15-10-12(5-6-13(15)18)19-14-7-4-11(17)9-16(14)20-2/h4-7,9-10,19H,3,8,18H2,1-2H3. The van der Waals surface area contributed by atoms with Crippen LogP contribution in [0.2, 0.25) is 0 Å². The molecule has 2 rings (SSSR count). The van der Waals surface area contributed by atoms with Crippen LogP contribution in [0.3, 0.4) is 0 Å². The number of hydrogen-bond acceptors (Lipinski definition) is 4. The minimum atomic E-state index is -0.346. The van der Waals surface area contributed by atoms with Crippen LogP contribution < -0.4 is 20.5 Å². The number of methoxy groups -OCH3 is 1. The van der Waals surface area contributed by atoms with E-state index < -0.39 is 0 Å². The van der Waals surface area contributed by atoms with Crippen LogP contribution in [0.5, 0.6) is 11.5 Å². The van der Waals surface area contributed by atoms with E-state index in [2.05, 4.69) is 5.32 Å². The maximum atomic E-state index is 13.2. The highest BCUT2D eigenvalue weighted by molar-refractivity contribution is 5.70. The van der Waals surface area contributed by atoms with Gasteiger partial charge >= 0.3 is 0 Å². The largest absolute Gasteiger partial charge is 0.494 e. The van der Waals surface area contributed by atoms with E-state index in [4.69, 9.17) is 15.2 Å². The van der Waals surface area contributed by atoms with Crippen molar-refractivity contribution in [3.63, 3.8) is 0 Å². The predicted octanol–water partition coefficient (Wildman–Crippen LogP) is 3.95. The van der Waals surface area contributed by atoms with Gasteiger partial charge in [-0.3, -0.25) is 0 Å². The van der Waals surface area contributed by atoms with Crippen molar-refractivity contribution in [1.82, 2.24) is 0 Å². The van der Waals surface area contributed by atoms with Crippen molar-refractivity contribution in [2.75, 3.05) is 24.8 Å². The van der Waals surface area contributed by atoms with Gasteiger partial charge in [0.15, 0.2) is 0 Å². The van der Waals surface area contributed by atoms with Gasteiger partial charge in [0, 0.05) is 17.8 Å². The second kappa shape index (κ2) is 6.83. The SMILES string of the molecule is CCCOc1cc(Nc2ccc(F)cc2OC)ccc1N. The first-order valence-corrected chi connectivity index (χ1v) is 6.77. The number of hydrogen-bond donors (Lipinski definition) is 2. The van der Waals surface area contributed by atoms with Gasteiger partial charge in [-0.25, -0.2) is 4.39 Å². The molecule has 0 aliphatic carbocycles. The first-order chi connectivity index (χ1) is 10.1. The monoisotopic (exact) mass is 290 g/mol. The number of halogens is 1. The highest BCUT2D eigenvalue weighted by atomic mass is 19.1. The molecule has 0 spiro atoms. The second-order valence-electron chi connectivity index (χ2n) is 4.57. The average Bonchev–Trinajstić information content (AvgIpc) is 2.49. The molecule has 3 N–H and O–H groups in total. The molecule has 0 radical (unpaired) electrons. The molecule has 0 aromatic heterocycles. The van der Waals surface area contributed by atoms with Crippen molar-refractivity contribution < 1.29 is 13.9 Å². The summed E-state index contributed by atoms with van der Waals surface area (Å²) < 4.78 is 23.9. The zero-order chi connectivity index (χ0) is 15.2. The smallest absolute Gasteiger partial charge is 0.145 e. The number of anilines is 3. The molecule has 0 saturated carbocycles. The second-order valence-corrected chi connectivity index (χ2v) is 4.57. The zero-order valence-corrected chi connectivity index (χ0v) is 12.2. The summed E-state index contributed by atoms with van der Waals surface area (Å²) in [5, 5.41) is 3.17. The van der Waals surface area contributed by atoms with Crippen molar-refractivity contribution in [2.45, 2.75) is 13.3 Å². The summed E-state index contributed by atoms with van der Waals surface area (Å²) in [7, 11) is 1.50. The Hall–Kier alpha value is -2.43. The van der Waals surface area contributed by atoms with Gasteiger partial charge < -0.3 is 20.5 Å². The molecule has 0 saturated heterocycles. The Labute approximate surface area is 123 Å². The third kappa shape index (κ3) is 3.78. The first kappa shape index (κ1) is 15.0. The number of nitrogens with one attached hydrogen (secondary N) is 1. The van der Waals surface area contributed by atoms with Crippen LogP contribution in [0.4, 0.5) is 21.5 Å². The zero-order valence-electron chi connectivity index (χ0n) is 12.2. The number of rotatable bonds is 6. The third-order valence-corrected chi connectivity index (χ3v) is 2.92. The van der Waals surface area contributed by atoms with Gasteiger partial charge in [0.2, 0.25) is 0 Å². The molecule has 2 aromatic rings. The van der Waals surface area contributed by atoms with Gasteiger partial charge in [0.05, 0.1) is 25.1 Å². The van der Waals surface area contributed by atoms with Crippen LogP contribution in [0.15, 0.2) is 36.4 Å². The molecule has 0 bridgehead atoms. The van der Waals surface area contributed by atoms with Gasteiger partial charge in [-0.1, -0.05) is 6.92 Å². The van der Waals surface area contributed by atoms with Gasteiger partial charge in [-0.15, -0.1) is 0 Å². The minimum Gasteiger partial charge on any atom is -0.494 e. The molecule has 0 fully saturated rings. The van der Waals surface area contributed by atoms with E-state index in [9.17, 15) is 4.39 Å². The molecular formula is C16H19FN2O2. The molecule has 2 aromatic carbocycles. The lowest BCUT2D eigenvalue weighted by atomic mass is 10.2. The summed E-state index contributed by atoms with van der Waals surface area (Å²) in [6.07, 6.45) is 0.906. The van der Waals surface area contributed by atoms with Gasteiger partial charge in [0.25, 0.3) is 0 Å². The molecule has 0 atom stereocenters. The normalized spacial score (nSPS) is 10.2. The molecular weight excluding hydrogens is 271 g/mol. The van der Waals surface area contributed by atoms with Crippen molar-refractivity contribution >= 4 is 17.1 Å². The van der Waals surface area contributed by atoms with Crippen molar-refractivity contribution in [1.29, 1.82) is 0 Å². The lowest BCUT2D eigenvalue weighted by molar-refractivity contribution is 0.319. The van der Waals surface area contributed by atoms with Crippen molar-refractivity contribution in [3.8, 4) is 11.5 Å². The minimum absolute atomic E-state index is 0.346. The maximum absolute atomic E-state index is 13.2. The molecule has 0 unspecified atom stereocenters. The van der Waals surface area contributed by atoms with Crippen LogP contribution >= 0.6 is 0 Å². The van der Waals surface area contributed by atoms with Crippen molar-refractivity contribution in [3.05, 3.63) is 42.2 Å². The third-order valence-electron chi connectivity index (χ3n) is 2.92. The van der Waals surface area contributed by atoms with E-state index in [1.807, 2.05) is 19.1 Å². The molecule has 4 nitrogen and oxygen atoms in total. The fourth-order valence-electron chi connectivity index (χ4n) is 1.87. The van der Waals surface area contributed by atoms with Crippen LogP contribution in [0.1, 0.15) is 13.3 Å². The lowest BCUT2D eigenvalue weighted by Gasteiger charge is -2.14. The average molecular weight is 290 g/mol. The summed E-state index contributed by atoms with van der Waals surface area (Å²) in [5.74, 6) is 0.715. The summed E-state index contributed by atoms with van der Waals surface area (Å²) in [4.78, 5) is 0. The fraction of sp³-hybridized carbons (Fsp3) is 0.250. The van der Waals surface area contributed by atoms with Crippen molar-refractivity contribution in [2.24, 2.45) is 0 Å². The highest BCUT2D eigenvalue weighted by Crippen LogP contribution is 2.31. The number of benzene rings is 2. The van der Waals surface area contributed by atoms with Crippen LogP contribution in [-0.4, -0.2) is 13.7 Å². The van der Waals surface area contributed by atoms with E-state index >= 15 is 0 Å². The van der Waals surface area contributed by atoms with Gasteiger partial charge in [-0.2, -0.15) is 0 Å². The predicted molar refractivity (Wildman–Crippen MR) is 82.9 cm³/mol. The first-order valence-electron chi connectivity index (χ1n) is 6.77. The van der Waals surface area contributed by atoms with E-state index in [0.717, 1.165) is 12.1 Å². The molecule has 0 heterocycles. The topological polar surface area (TPSA) is 56.5 Å². The summed E-state index contributed by atoms with van der Waals surface area (Å²) in [6.45, 7) is 2.63. The maximum Gasteiger partial charge on any atom is 0.145 e. The van der Waals surface area contributed by atoms with E-state index in [-0.39, 0.29) is 5.82 Å². The van der Waals surface area contributed by atoms with Crippen LogP contribution in [0, 0.1) is 5.82 Å². The Kier molecular flexibility index (Phi) is 4.87. The molecule has 0 amide bonds. The Morgan fingerprint density at radius 3 is 2.67 bits per heavy atom. The van der Waals surface area contributed by atoms with Crippen LogP contribution in [0.25, 0.3) is 0 Å². The molecule has 5 heteroatoms. The van der Waals surface area contributed by atoms with Gasteiger partial charge in [0.1, 0.15) is 17.3 Å². The van der Waals surface area contributed by atoms with E-state index in [1.165, 1.54) is 19.2 Å². The fourth-order valence-corrected chi connectivity index (χ4v) is 1.87. The van der Waals surface area contributed by atoms with E-state index in [1.54, 1.807) is 12.1 Å². The van der Waals surface area contributed by atoms with E-state index in [0.29, 0.717) is 29.5 Å². The Morgan fingerprint density at radius 2 is 1.95 bits per heavy atom. The number of nitrogens with two attached hydrogens (primary N) is 1. The van der Waals surface area contributed by atoms with Crippen LogP contribution in [-0.2, 0) is 0 Å². The highest BCUT2D eigenvalue weighted by Gasteiger charge is 2.07. The van der Waals surface area contributed by atoms with Gasteiger partial charge in [-0.05, 0) is 30.7 Å².